The summed E-state index contributed by atoms with van der Waals surface area (Å²) in [4.78, 5) is 13.2. The van der Waals surface area contributed by atoms with Crippen LogP contribution in [0.1, 0.15) is 11.1 Å². The lowest BCUT2D eigenvalue weighted by molar-refractivity contribution is 0.149. The molecule has 0 atom stereocenters. The molecule has 14 heavy (non-hydrogen) atoms. The summed E-state index contributed by atoms with van der Waals surface area (Å²) in [6.07, 6.45) is -1.30. The quantitative estimate of drug-likeness (QED) is 0.538. The van der Waals surface area contributed by atoms with Crippen molar-refractivity contribution in [3.05, 3.63) is 35.4 Å². The van der Waals surface area contributed by atoms with Crippen molar-refractivity contribution in [1.82, 2.24) is 0 Å². The smallest absolute Gasteiger partial charge is 0.211 e. The molecule has 0 saturated carbocycles. The van der Waals surface area contributed by atoms with E-state index in [4.69, 9.17) is 0 Å². The summed E-state index contributed by atoms with van der Waals surface area (Å²) < 4.78 is 24.2. The topological polar surface area (TPSA) is 29.4 Å². The number of hydrogen-bond acceptors (Lipinski definition) is 2. The van der Waals surface area contributed by atoms with Crippen LogP contribution in [0.2, 0.25) is 0 Å². The van der Waals surface area contributed by atoms with Gasteiger partial charge in [0.2, 0.25) is 12.5 Å². The minimum absolute atomic E-state index is 0.117. The monoisotopic (exact) mass is 197 g/mol. The highest BCUT2D eigenvalue weighted by molar-refractivity contribution is 5.35. The van der Waals surface area contributed by atoms with Crippen molar-refractivity contribution >= 4 is 6.08 Å². The van der Waals surface area contributed by atoms with Gasteiger partial charge in [0.05, 0.1) is 6.54 Å². The van der Waals surface area contributed by atoms with E-state index in [2.05, 4.69) is 4.99 Å². The molecule has 2 nitrogen and oxygen atoms in total. The second-order valence-corrected chi connectivity index (χ2v) is 2.77. The van der Waals surface area contributed by atoms with Gasteiger partial charge in [-0.15, -0.1) is 0 Å². The standard InChI is InChI=1S/C10H9F2NO/c11-10(12)5-8-3-1-2-4-9(8)6-13-7-14/h1-4,10H,5-6H2. The molecule has 0 N–H and O–H groups in total. The van der Waals surface area contributed by atoms with Crippen molar-refractivity contribution in [2.75, 3.05) is 0 Å². The van der Waals surface area contributed by atoms with Gasteiger partial charge in [0.25, 0.3) is 0 Å². The van der Waals surface area contributed by atoms with Crippen LogP contribution >= 0.6 is 0 Å². The maximum Gasteiger partial charge on any atom is 0.242 e. The summed E-state index contributed by atoms with van der Waals surface area (Å²) in [5.74, 6) is 0. The first kappa shape index (κ1) is 10.5. The maximum atomic E-state index is 12.1. The molecule has 0 radical (unpaired) electrons. The highest BCUT2D eigenvalue weighted by atomic mass is 19.3. The minimum atomic E-state index is -2.38. The van der Waals surface area contributed by atoms with Crippen LogP contribution < -0.4 is 0 Å². The van der Waals surface area contributed by atoms with E-state index in [1.807, 2.05) is 0 Å². The third-order valence-corrected chi connectivity index (χ3v) is 1.81. The SMILES string of the molecule is O=C=NCc1ccccc1CC(F)F. The zero-order chi connectivity index (χ0) is 10.4. The lowest BCUT2D eigenvalue weighted by atomic mass is 10.1. The first-order chi connectivity index (χ1) is 6.74. The Kier molecular flexibility index (Phi) is 3.95. The van der Waals surface area contributed by atoms with Crippen LogP contribution in [0.25, 0.3) is 0 Å². The number of isocyanates is 1. The predicted molar refractivity (Wildman–Crippen MR) is 48.0 cm³/mol. The van der Waals surface area contributed by atoms with E-state index in [-0.39, 0.29) is 13.0 Å². The number of rotatable bonds is 4. The first-order valence-corrected chi connectivity index (χ1v) is 4.12. The molecule has 74 valence electrons. The van der Waals surface area contributed by atoms with Gasteiger partial charge >= 0.3 is 0 Å². The van der Waals surface area contributed by atoms with Crippen LogP contribution in [0.4, 0.5) is 8.78 Å². The lowest BCUT2D eigenvalue weighted by Gasteiger charge is -2.05. The number of carbonyl (C=O) groups excluding carboxylic acids is 1. The summed E-state index contributed by atoms with van der Waals surface area (Å²) in [5.41, 5.74) is 1.18. The first-order valence-electron chi connectivity index (χ1n) is 4.12. The summed E-state index contributed by atoms with van der Waals surface area (Å²) in [5, 5.41) is 0. The zero-order valence-corrected chi connectivity index (χ0v) is 7.41. The molecular formula is C10H9F2NO. The number of hydrogen-bond donors (Lipinski definition) is 0. The molecule has 0 fully saturated rings. The second-order valence-electron chi connectivity index (χ2n) is 2.77. The predicted octanol–water partition coefficient (Wildman–Crippen LogP) is 2.33. The Morgan fingerprint density at radius 1 is 1.29 bits per heavy atom. The van der Waals surface area contributed by atoms with Crippen LogP contribution in [-0.2, 0) is 17.8 Å². The van der Waals surface area contributed by atoms with Gasteiger partial charge in [-0.25, -0.2) is 18.6 Å². The molecule has 0 heterocycles. The largest absolute Gasteiger partial charge is 0.242 e. The summed E-state index contributed by atoms with van der Waals surface area (Å²) in [7, 11) is 0. The molecule has 0 saturated heterocycles. The second kappa shape index (κ2) is 5.25. The fourth-order valence-electron chi connectivity index (χ4n) is 1.19. The van der Waals surface area contributed by atoms with E-state index in [1.54, 1.807) is 24.3 Å². The van der Waals surface area contributed by atoms with E-state index >= 15 is 0 Å². The highest BCUT2D eigenvalue weighted by Gasteiger charge is 2.07. The Hall–Kier alpha value is -1.54. The molecule has 0 aliphatic carbocycles. The van der Waals surface area contributed by atoms with Crippen molar-refractivity contribution in [3.8, 4) is 0 Å². The van der Waals surface area contributed by atoms with E-state index in [9.17, 15) is 13.6 Å². The van der Waals surface area contributed by atoms with Gasteiger partial charge in [-0.3, -0.25) is 0 Å². The molecule has 0 spiro atoms. The molecule has 0 aliphatic rings. The Balaban J connectivity index is 2.84. The molecule has 0 bridgehead atoms. The van der Waals surface area contributed by atoms with E-state index < -0.39 is 6.43 Å². The van der Waals surface area contributed by atoms with Crippen LogP contribution in [0, 0.1) is 0 Å². The van der Waals surface area contributed by atoms with Gasteiger partial charge in [-0.2, -0.15) is 0 Å². The molecular weight excluding hydrogens is 188 g/mol. The molecule has 1 aromatic rings. The summed E-state index contributed by atoms with van der Waals surface area (Å²) >= 11 is 0. The number of aliphatic imine (C=N–C) groups is 1. The number of halogens is 2. The van der Waals surface area contributed by atoms with Crippen molar-refractivity contribution in [1.29, 1.82) is 0 Å². The third kappa shape index (κ3) is 3.07. The van der Waals surface area contributed by atoms with Crippen molar-refractivity contribution in [2.45, 2.75) is 19.4 Å². The zero-order valence-electron chi connectivity index (χ0n) is 7.41. The molecule has 4 heteroatoms. The Bertz CT molecular complexity index is 346. The van der Waals surface area contributed by atoms with E-state index in [0.29, 0.717) is 11.1 Å². The van der Waals surface area contributed by atoms with Gasteiger partial charge in [0.1, 0.15) is 0 Å². The van der Waals surface area contributed by atoms with Crippen molar-refractivity contribution in [2.24, 2.45) is 4.99 Å². The Labute approximate surface area is 80.3 Å². The molecule has 0 amide bonds. The van der Waals surface area contributed by atoms with E-state index in [1.165, 1.54) is 6.08 Å². The van der Waals surface area contributed by atoms with Crippen molar-refractivity contribution < 1.29 is 13.6 Å². The lowest BCUT2D eigenvalue weighted by Crippen LogP contribution is -2.00. The maximum absolute atomic E-state index is 12.1. The van der Waals surface area contributed by atoms with Crippen LogP contribution in [0.5, 0.6) is 0 Å². The van der Waals surface area contributed by atoms with Gasteiger partial charge < -0.3 is 0 Å². The van der Waals surface area contributed by atoms with Crippen LogP contribution in [-0.4, -0.2) is 12.5 Å². The van der Waals surface area contributed by atoms with Crippen LogP contribution in [0.15, 0.2) is 29.3 Å². The third-order valence-electron chi connectivity index (χ3n) is 1.81. The molecule has 0 aliphatic heterocycles. The molecule has 0 unspecified atom stereocenters. The number of benzene rings is 1. The van der Waals surface area contributed by atoms with Gasteiger partial charge in [0, 0.05) is 6.42 Å². The Morgan fingerprint density at radius 2 is 1.93 bits per heavy atom. The molecule has 0 aromatic heterocycles. The van der Waals surface area contributed by atoms with Gasteiger partial charge in [-0.05, 0) is 11.1 Å². The van der Waals surface area contributed by atoms with Crippen molar-refractivity contribution in [3.63, 3.8) is 0 Å². The van der Waals surface area contributed by atoms with Gasteiger partial charge in [0.15, 0.2) is 0 Å². The van der Waals surface area contributed by atoms with Crippen LogP contribution in [0.3, 0.4) is 0 Å². The molecule has 1 aromatic carbocycles. The fraction of sp³-hybridized carbons (Fsp3) is 0.300. The van der Waals surface area contributed by atoms with Gasteiger partial charge in [-0.1, -0.05) is 24.3 Å². The fourth-order valence-corrected chi connectivity index (χ4v) is 1.19. The van der Waals surface area contributed by atoms with E-state index in [0.717, 1.165) is 0 Å². The highest BCUT2D eigenvalue weighted by Crippen LogP contribution is 2.14. The average molecular weight is 197 g/mol. The minimum Gasteiger partial charge on any atom is -0.211 e. The number of nitrogens with zero attached hydrogens (tertiary/aromatic N) is 1. The molecule has 1 rings (SSSR count). The number of alkyl halides is 2. The summed E-state index contributed by atoms with van der Waals surface area (Å²) in [6.45, 7) is 0.117. The average Bonchev–Trinajstić information content (AvgIpc) is 2.16. The summed E-state index contributed by atoms with van der Waals surface area (Å²) in [6, 6.07) is 6.71. The Morgan fingerprint density at radius 3 is 2.50 bits per heavy atom. The normalized spacial score (nSPS) is 9.93.